The summed E-state index contributed by atoms with van der Waals surface area (Å²) < 4.78 is 0. The number of rotatable bonds is 0. The number of fused-ring (bicyclic) bond motifs is 1. The molecule has 13 heavy (non-hydrogen) atoms. The molecule has 0 spiro atoms. The summed E-state index contributed by atoms with van der Waals surface area (Å²) in [6.45, 7) is 2.07. The zero-order valence-electron chi connectivity index (χ0n) is 7.74. The average molecular weight is 197 g/mol. The van der Waals surface area contributed by atoms with Crippen LogP contribution in [0.5, 0.6) is 0 Å². The first-order chi connectivity index (χ1) is 5.72. The molecule has 1 N–H and O–H groups in total. The second-order valence-corrected chi connectivity index (χ2v) is 3.22. The van der Waals surface area contributed by atoms with Crippen molar-refractivity contribution in [3.05, 3.63) is 29.8 Å². The highest BCUT2D eigenvalue weighted by molar-refractivity contribution is 6.05. The first kappa shape index (κ1) is 10.1. The first-order valence-electron chi connectivity index (χ1n) is 4.13. The van der Waals surface area contributed by atoms with Crippen LogP contribution in [0.25, 0.3) is 0 Å². The van der Waals surface area contributed by atoms with Crippen molar-refractivity contribution in [2.75, 3.05) is 11.9 Å². The van der Waals surface area contributed by atoms with E-state index in [0.717, 1.165) is 0 Å². The fourth-order valence-corrected chi connectivity index (χ4v) is 1.73. The van der Waals surface area contributed by atoms with Crippen LogP contribution in [0.15, 0.2) is 24.3 Å². The number of hydrogen-bond donors (Lipinski definition) is 1. The molecule has 0 radical (unpaired) electrons. The Morgan fingerprint density at radius 3 is 2.54 bits per heavy atom. The number of nitrogens with one attached hydrogen (secondary N) is 1. The molecule has 0 saturated heterocycles. The molecule has 0 aliphatic carbocycles. The van der Waals surface area contributed by atoms with E-state index in [2.05, 4.69) is 19.1 Å². The highest BCUT2D eigenvalue weighted by atomic mass is 35.5. The summed E-state index contributed by atoms with van der Waals surface area (Å²) in [5.74, 6) is 0.947. The Balaban J connectivity index is 0.000000845. The molecule has 1 aliphatic rings. The molecule has 2 nitrogen and oxygen atoms in total. The minimum atomic E-state index is 0. The van der Waals surface area contributed by atoms with E-state index in [1.807, 2.05) is 24.1 Å². The number of anilines is 1. The lowest BCUT2D eigenvalue weighted by atomic mass is 10.0. The monoisotopic (exact) mass is 196 g/mol. The van der Waals surface area contributed by atoms with E-state index in [-0.39, 0.29) is 18.3 Å². The average Bonchev–Trinajstić information content (AvgIpc) is 2.33. The molecule has 0 bridgehead atoms. The van der Waals surface area contributed by atoms with E-state index < -0.39 is 0 Å². The van der Waals surface area contributed by atoms with Crippen LogP contribution in [-0.4, -0.2) is 12.9 Å². The third-order valence-electron chi connectivity index (χ3n) is 2.54. The summed E-state index contributed by atoms with van der Waals surface area (Å²) in [7, 11) is 1.95. The molecule has 1 atom stereocenters. The van der Waals surface area contributed by atoms with Gasteiger partial charge in [-0.05, 0) is 11.6 Å². The number of hydrogen-bond acceptors (Lipinski definition) is 1. The zero-order valence-corrected chi connectivity index (χ0v) is 8.56. The topological polar surface area (TPSA) is 27.1 Å². The number of benzene rings is 1. The summed E-state index contributed by atoms with van der Waals surface area (Å²) in [6.07, 6.45) is 0. The quantitative estimate of drug-likeness (QED) is 0.679. The van der Waals surface area contributed by atoms with Gasteiger partial charge in [0.2, 0.25) is 0 Å². The zero-order chi connectivity index (χ0) is 8.72. The van der Waals surface area contributed by atoms with Gasteiger partial charge in [0, 0.05) is 18.7 Å². The van der Waals surface area contributed by atoms with Gasteiger partial charge < -0.3 is 4.90 Å². The van der Waals surface area contributed by atoms with Gasteiger partial charge in [-0.25, -0.2) is 0 Å². The number of halogens is 1. The van der Waals surface area contributed by atoms with Crippen LogP contribution in [0.4, 0.5) is 5.69 Å². The molecule has 70 valence electrons. The summed E-state index contributed by atoms with van der Waals surface area (Å²) in [4.78, 5) is 1.94. The second-order valence-electron chi connectivity index (χ2n) is 3.22. The van der Waals surface area contributed by atoms with Crippen LogP contribution in [0.1, 0.15) is 18.4 Å². The van der Waals surface area contributed by atoms with Crippen molar-refractivity contribution >= 4 is 23.9 Å². The van der Waals surface area contributed by atoms with Gasteiger partial charge in [0.25, 0.3) is 0 Å². The third kappa shape index (κ3) is 1.31. The summed E-state index contributed by atoms with van der Waals surface area (Å²) in [6, 6.07) is 8.20. The lowest BCUT2D eigenvalue weighted by molar-refractivity contribution is 1.03. The minimum absolute atomic E-state index is 0. The first-order valence-corrected chi connectivity index (χ1v) is 4.13. The Bertz CT molecular complexity index is 304. The molecule has 1 aromatic carbocycles. The third-order valence-corrected chi connectivity index (χ3v) is 2.54. The van der Waals surface area contributed by atoms with E-state index in [9.17, 15) is 0 Å². The molecular weight excluding hydrogens is 184 g/mol. The Hall–Kier alpha value is -1.02. The van der Waals surface area contributed by atoms with Gasteiger partial charge in [-0.15, -0.1) is 12.4 Å². The summed E-state index contributed by atoms with van der Waals surface area (Å²) in [5.41, 5.74) is 2.44. The van der Waals surface area contributed by atoms with E-state index >= 15 is 0 Å². The van der Waals surface area contributed by atoms with Gasteiger partial charge in [-0.1, -0.05) is 25.1 Å². The number of likely N-dealkylation sites (N-methyl/N-ethyl adjacent to an activating group) is 1. The van der Waals surface area contributed by atoms with Gasteiger partial charge in [0.15, 0.2) is 0 Å². The van der Waals surface area contributed by atoms with E-state index in [1.54, 1.807) is 0 Å². The lowest BCUT2D eigenvalue weighted by Crippen LogP contribution is -2.21. The molecule has 0 aromatic heterocycles. The maximum absolute atomic E-state index is 7.77. The van der Waals surface area contributed by atoms with E-state index in [0.29, 0.717) is 5.84 Å². The van der Waals surface area contributed by atoms with Crippen molar-refractivity contribution in [1.82, 2.24) is 0 Å². The van der Waals surface area contributed by atoms with Gasteiger partial charge in [-0.2, -0.15) is 0 Å². The van der Waals surface area contributed by atoms with E-state index in [4.69, 9.17) is 5.41 Å². The highest BCUT2D eigenvalue weighted by Crippen LogP contribution is 2.35. The van der Waals surface area contributed by atoms with E-state index in [1.165, 1.54) is 11.3 Å². The Morgan fingerprint density at radius 1 is 1.31 bits per heavy atom. The highest BCUT2D eigenvalue weighted by Gasteiger charge is 2.27. The van der Waals surface area contributed by atoms with Crippen molar-refractivity contribution in [3.8, 4) is 0 Å². The van der Waals surface area contributed by atoms with Gasteiger partial charge in [0.05, 0.1) is 0 Å². The van der Waals surface area contributed by atoms with Crippen LogP contribution >= 0.6 is 12.4 Å². The number of para-hydroxylation sites is 1. The Morgan fingerprint density at radius 2 is 1.92 bits per heavy atom. The smallest absolute Gasteiger partial charge is 0.107 e. The fourth-order valence-electron chi connectivity index (χ4n) is 1.73. The number of nitrogens with zero attached hydrogens (tertiary/aromatic N) is 1. The van der Waals surface area contributed by atoms with Crippen LogP contribution < -0.4 is 4.90 Å². The van der Waals surface area contributed by atoms with Crippen molar-refractivity contribution in [2.24, 2.45) is 0 Å². The second kappa shape index (κ2) is 3.38. The Labute approximate surface area is 84.5 Å². The molecule has 1 heterocycles. The summed E-state index contributed by atoms with van der Waals surface area (Å²) in [5, 5.41) is 7.77. The number of amidine groups is 1. The predicted octanol–water partition coefficient (Wildman–Crippen LogP) is 2.64. The van der Waals surface area contributed by atoms with Gasteiger partial charge in [-0.3, -0.25) is 5.41 Å². The standard InChI is InChI=1S/C10H12N2.ClH/c1-7-8-5-3-4-6-9(8)12(2)10(7)11;/h3-7,11H,1-2H3;1H. The lowest BCUT2D eigenvalue weighted by Gasteiger charge is -2.11. The normalized spacial score (nSPS) is 19.7. The van der Waals surface area contributed by atoms with Crippen molar-refractivity contribution in [2.45, 2.75) is 12.8 Å². The molecule has 1 aliphatic heterocycles. The van der Waals surface area contributed by atoms with Crippen molar-refractivity contribution in [3.63, 3.8) is 0 Å². The SMILES string of the molecule is CC1C(=N)N(C)c2ccccc21.Cl. The molecule has 0 fully saturated rings. The molecule has 0 saturated carbocycles. The van der Waals surface area contributed by atoms with Crippen LogP contribution in [0.2, 0.25) is 0 Å². The van der Waals surface area contributed by atoms with Crippen LogP contribution in [0.3, 0.4) is 0 Å². The maximum Gasteiger partial charge on any atom is 0.107 e. The predicted molar refractivity (Wildman–Crippen MR) is 58.2 cm³/mol. The molecule has 2 rings (SSSR count). The maximum atomic E-state index is 7.77. The van der Waals surface area contributed by atoms with Crippen LogP contribution in [0, 0.1) is 5.41 Å². The van der Waals surface area contributed by atoms with Crippen molar-refractivity contribution < 1.29 is 0 Å². The molecule has 3 heteroatoms. The van der Waals surface area contributed by atoms with Crippen molar-refractivity contribution in [1.29, 1.82) is 5.41 Å². The van der Waals surface area contributed by atoms with Crippen LogP contribution in [-0.2, 0) is 0 Å². The molecule has 0 amide bonds. The molecular formula is C10H13ClN2. The molecule has 1 aromatic rings. The Kier molecular flexibility index (Phi) is 2.62. The van der Waals surface area contributed by atoms with Gasteiger partial charge >= 0.3 is 0 Å². The largest absolute Gasteiger partial charge is 0.333 e. The summed E-state index contributed by atoms with van der Waals surface area (Å²) >= 11 is 0. The minimum Gasteiger partial charge on any atom is -0.333 e. The molecule has 1 unspecified atom stereocenters. The van der Waals surface area contributed by atoms with Gasteiger partial charge in [0.1, 0.15) is 5.84 Å². The fraction of sp³-hybridized carbons (Fsp3) is 0.300.